The van der Waals surface area contributed by atoms with Crippen LogP contribution in [0.2, 0.25) is 0 Å². The first-order chi connectivity index (χ1) is 8.65. The summed E-state index contributed by atoms with van der Waals surface area (Å²) in [6.07, 6.45) is 4.96. The van der Waals surface area contributed by atoms with E-state index in [1.807, 2.05) is 0 Å². The number of thiazole rings is 1. The van der Waals surface area contributed by atoms with E-state index in [1.54, 1.807) is 18.0 Å². The lowest BCUT2D eigenvalue weighted by molar-refractivity contribution is -0.131. The third-order valence-electron chi connectivity index (χ3n) is 2.44. The summed E-state index contributed by atoms with van der Waals surface area (Å²) in [5.74, 6) is 0.961. The van der Waals surface area contributed by atoms with Crippen LogP contribution in [0.4, 0.5) is 5.13 Å². The number of nitrogens with zero attached hydrogens (tertiary/aromatic N) is 1. The molecule has 0 bridgehead atoms. The van der Waals surface area contributed by atoms with Crippen LogP contribution in [0, 0.1) is 5.92 Å². The number of anilines is 1. The van der Waals surface area contributed by atoms with Crippen molar-refractivity contribution in [3.8, 4) is 0 Å². The van der Waals surface area contributed by atoms with Crippen LogP contribution >= 0.6 is 23.1 Å². The molecule has 1 aliphatic rings. The van der Waals surface area contributed by atoms with Gasteiger partial charge in [-0.3, -0.25) is 4.79 Å². The zero-order chi connectivity index (χ0) is 13.0. The molecule has 0 radical (unpaired) electrons. The molecule has 1 saturated heterocycles. The average Bonchev–Trinajstić information content (AvgIpc) is 2.97. The molecule has 0 spiro atoms. The van der Waals surface area contributed by atoms with E-state index < -0.39 is 5.97 Å². The number of carboxylic acids is 1. The maximum Gasteiger partial charge on any atom is 0.328 e. The second-order valence-electron chi connectivity index (χ2n) is 3.79. The number of aromatic nitrogens is 1. The molecule has 96 valence electrons. The minimum Gasteiger partial charge on any atom is -0.478 e. The molecule has 18 heavy (non-hydrogen) atoms. The third kappa shape index (κ3) is 3.58. The molecule has 0 saturated carbocycles. The van der Waals surface area contributed by atoms with Crippen molar-refractivity contribution < 1.29 is 14.7 Å². The topological polar surface area (TPSA) is 79.3 Å². The first kappa shape index (κ1) is 13.1. The lowest BCUT2D eigenvalue weighted by atomic mass is 10.1. The fourth-order valence-electron chi connectivity index (χ4n) is 1.52. The summed E-state index contributed by atoms with van der Waals surface area (Å²) < 4.78 is 0. The van der Waals surface area contributed by atoms with Gasteiger partial charge >= 0.3 is 5.97 Å². The van der Waals surface area contributed by atoms with Gasteiger partial charge in [0.25, 0.3) is 0 Å². The van der Waals surface area contributed by atoms with E-state index in [0.717, 1.165) is 24.0 Å². The highest BCUT2D eigenvalue weighted by molar-refractivity contribution is 7.99. The molecular weight excluding hydrogens is 272 g/mol. The molecule has 2 heterocycles. The van der Waals surface area contributed by atoms with E-state index in [1.165, 1.54) is 17.4 Å². The molecule has 1 unspecified atom stereocenters. The molecule has 1 aromatic rings. The van der Waals surface area contributed by atoms with Gasteiger partial charge in [-0.2, -0.15) is 11.8 Å². The van der Waals surface area contributed by atoms with Gasteiger partial charge in [-0.25, -0.2) is 9.78 Å². The Morgan fingerprint density at radius 3 is 3.06 bits per heavy atom. The molecule has 0 aliphatic carbocycles. The second kappa shape index (κ2) is 6.01. The molecule has 2 N–H and O–H groups in total. The Morgan fingerprint density at radius 2 is 2.39 bits per heavy atom. The van der Waals surface area contributed by atoms with E-state index in [2.05, 4.69) is 10.3 Å². The number of amides is 1. The van der Waals surface area contributed by atoms with Gasteiger partial charge in [-0.1, -0.05) is 11.3 Å². The number of carboxylic acid groups (broad SMARTS) is 1. The standard InChI is InChI=1S/C11H12N2O3S2/c14-9(15)2-1-8-5-12-11(18-8)13-10(16)7-3-4-17-6-7/h1-2,5,7H,3-4,6H2,(H,14,15)(H,12,13,16). The van der Waals surface area contributed by atoms with Crippen LogP contribution in [0.25, 0.3) is 6.08 Å². The van der Waals surface area contributed by atoms with Crippen molar-refractivity contribution in [3.63, 3.8) is 0 Å². The van der Waals surface area contributed by atoms with Crippen LogP contribution in [-0.4, -0.2) is 33.5 Å². The molecule has 1 fully saturated rings. The highest BCUT2D eigenvalue weighted by atomic mass is 32.2. The molecule has 1 aliphatic heterocycles. The third-order valence-corrected chi connectivity index (χ3v) is 4.48. The summed E-state index contributed by atoms with van der Waals surface area (Å²) in [6.45, 7) is 0. The average molecular weight is 284 g/mol. The monoisotopic (exact) mass is 284 g/mol. The predicted molar refractivity (Wildman–Crippen MR) is 72.8 cm³/mol. The highest BCUT2D eigenvalue weighted by Crippen LogP contribution is 2.26. The Bertz CT molecular complexity index is 478. The fraction of sp³-hybridized carbons (Fsp3) is 0.364. The van der Waals surface area contributed by atoms with Crippen LogP contribution in [0.15, 0.2) is 12.3 Å². The summed E-state index contributed by atoms with van der Waals surface area (Å²) in [5.41, 5.74) is 0. The largest absolute Gasteiger partial charge is 0.478 e. The van der Waals surface area contributed by atoms with E-state index in [9.17, 15) is 9.59 Å². The zero-order valence-electron chi connectivity index (χ0n) is 9.46. The first-order valence-electron chi connectivity index (χ1n) is 5.40. The highest BCUT2D eigenvalue weighted by Gasteiger charge is 2.23. The van der Waals surface area contributed by atoms with Crippen molar-refractivity contribution in [2.75, 3.05) is 16.8 Å². The Morgan fingerprint density at radius 1 is 1.56 bits per heavy atom. The summed E-state index contributed by atoms with van der Waals surface area (Å²) in [6, 6.07) is 0. The van der Waals surface area contributed by atoms with E-state index >= 15 is 0 Å². The van der Waals surface area contributed by atoms with Crippen LogP contribution in [-0.2, 0) is 9.59 Å². The normalized spacial score (nSPS) is 19.2. The summed E-state index contributed by atoms with van der Waals surface area (Å²) in [7, 11) is 0. The fourth-order valence-corrected chi connectivity index (χ4v) is 3.47. The Kier molecular flexibility index (Phi) is 4.38. The quantitative estimate of drug-likeness (QED) is 0.826. The summed E-state index contributed by atoms with van der Waals surface area (Å²) in [4.78, 5) is 26.9. The molecule has 5 nitrogen and oxygen atoms in total. The van der Waals surface area contributed by atoms with Crippen molar-refractivity contribution in [1.82, 2.24) is 4.98 Å². The van der Waals surface area contributed by atoms with Gasteiger partial charge in [0.1, 0.15) is 0 Å². The van der Waals surface area contributed by atoms with Gasteiger partial charge in [-0.15, -0.1) is 0 Å². The van der Waals surface area contributed by atoms with Gasteiger partial charge in [0.2, 0.25) is 5.91 Å². The van der Waals surface area contributed by atoms with Crippen LogP contribution < -0.4 is 5.32 Å². The van der Waals surface area contributed by atoms with E-state index in [4.69, 9.17) is 5.11 Å². The Balaban J connectivity index is 1.93. The smallest absolute Gasteiger partial charge is 0.328 e. The van der Waals surface area contributed by atoms with Gasteiger partial charge in [-0.05, 0) is 18.2 Å². The van der Waals surface area contributed by atoms with Crippen molar-refractivity contribution in [2.24, 2.45) is 5.92 Å². The molecule has 1 amide bonds. The molecular formula is C11H12N2O3S2. The number of thioether (sulfide) groups is 1. The van der Waals surface area contributed by atoms with Crippen molar-refractivity contribution in [3.05, 3.63) is 17.2 Å². The molecule has 1 atom stereocenters. The van der Waals surface area contributed by atoms with Crippen molar-refractivity contribution in [2.45, 2.75) is 6.42 Å². The van der Waals surface area contributed by atoms with Crippen molar-refractivity contribution >= 4 is 46.2 Å². The summed E-state index contributed by atoms with van der Waals surface area (Å²) in [5, 5.41) is 11.8. The molecule has 1 aromatic heterocycles. The maximum atomic E-state index is 11.8. The van der Waals surface area contributed by atoms with E-state index in [0.29, 0.717) is 10.0 Å². The molecule has 7 heteroatoms. The second-order valence-corrected chi connectivity index (χ2v) is 6.00. The molecule has 2 rings (SSSR count). The maximum absolute atomic E-state index is 11.8. The Labute approximate surface area is 112 Å². The predicted octanol–water partition coefficient (Wildman–Crippen LogP) is 1.93. The SMILES string of the molecule is O=C(O)C=Cc1cnc(NC(=O)C2CCSC2)s1. The molecule has 0 aromatic carbocycles. The summed E-state index contributed by atoms with van der Waals surface area (Å²) >= 11 is 3.05. The van der Waals surface area contributed by atoms with Crippen molar-refractivity contribution in [1.29, 1.82) is 0 Å². The van der Waals surface area contributed by atoms with Gasteiger partial charge in [0.15, 0.2) is 5.13 Å². The zero-order valence-corrected chi connectivity index (χ0v) is 11.1. The minimum absolute atomic E-state index is 0.00288. The first-order valence-corrected chi connectivity index (χ1v) is 7.37. The van der Waals surface area contributed by atoms with Crippen LogP contribution in [0.5, 0.6) is 0 Å². The number of hydrogen-bond donors (Lipinski definition) is 2. The Hall–Kier alpha value is -1.34. The van der Waals surface area contributed by atoms with Gasteiger partial charge < -0.3 is 10.4 Å². The number of carbonyl (C=O) groups excluding carboxylic acids is 1. The number of hydrogen-bond acceptors (Lipinski definition) is 5. The lowest BCUT2D eigenvalue weighted by Crippen LogP contribution is -2.22. The lowest BCUT2D eigenvalue weighted by Gasteiger charge is -2.06. The number of nitrogens with one attached hydrogen (secondary N) is 1. The van der Waals surface area contributed by atoms with E-state index in [-0.39, 0.29) is 11.8 Å². The minimum atomic E-state index is -1.00. The van der Waals surface area contributed by atoms with Gasteiger partial charge in [0, 0.05) is 28.8 Å². The van der Waals surface area contributed by atoms with Crippen LogP contribution in [0.3, 0.4) is 0 Å². The number of carbonyl (C=O) groups is 2. The number of aliphatic carboxylic acids is 1. The number of rotatable bonds is 4. The van der Waals surface area contributed by atoms with Crippen LogP contribution in [0.1, 0.15) is 11.3 Å². The van der Waals surface area contributed by atoms with Gasteiger partial charge in [0.05, 0.1) is 0 Å².